The maximum Gasteiger partial charge on any atom is 0.336 e. The van der Waals surface area contributed by atoms with Gasteiger partial charge in [0.2, 0.25) is 0 Å². The first kappa shape index (κ1) is 21.6. The molecule has 34 heavy (non-hydrogen) atoms. The Hall–Kier alpha value is -4.23. The van der Waals surface area contributed by atoms with Gasteiger partial charge in [-0.15, -0.1) is 0 Å². The number of rotatable bonds is 4. The minimum absolute atomic E-state index is 0.0465. The molecule has 0 saturated carbocycles. The van der Waals surface area contributed by atoms with Crippen molar-refractivity contribution in [1.82, 2.24) is 9.55 Å². The molecule has 0 bridgehead atoms. The van der Waals surface area contributed by atoms with Gasteiger partial charge in [-0.1, -0.05) is 35.9 Å². The highest BCUT2D eigenvalue weighted by molar-refractivity contribution is 6.30. The van der Waals surface area contributed by atoms with Gasteiger partial charge in [0.15, 0.2) is 0 Å². The van der Waals surface area contributed by atoms with E-state index in [2.05, 4.69) is 5.32 Å². The lowest BCUT2D eigenvalue weighted by Crippen LogP contribution is -2.21. The number of carboxylic acid groups (broad SMARTS) is 1. The number of aromatic carboxylic acids is 1. The van der Waals surface area contributed by atoms with Crippen molar-refractivity contribution in [1.29, 1.82) is 0 Å². The zero-order valence-electron chi connectivity index (χ0n) is 17.8. The summed E-state index contributed by atoms with van der Waals surface area (Å²) in [5.41, 5.74) is 2.57. The summed E-state index contributed by atoms with van der Waals surface area (Å²) in [7, 11) is 0. The highest BCUT2D eigenvalue weighted by Crippen LogP contribution is 2.28. The molecule has 1 amide bonds. The second-order valence-corrected chi connectivity index (χ2v) is 8.34. The summed E-state index contributed by atoms with van der Waals surface area (Å²) in [5, 5.41) is 13.2. The molecule has 8 heteroatoms. The van der Waals surface area contributed by atoms with Gasteiger partial charge in [0.1, 0.15) is 5.82 Å². The highest BCUT2D eigenvalue weighted by atomic mass is 35.5. The lowest BCUT2D eigenvalue weighted by atomic mass is 10.1. The standard InChI is InChI=1S/C26H18ClN3O4/c27-17-7-5-15(6-8-17)13-16-11-12-30-23(16)29-22-14-18(9-10-21(22)25(30)32)28-24(31)19-3-1-2-4-20(19)26(33)34/h1-10,13-14H,11-12H2,(H,28,31)(H,33,34). The fraction of sp³-hybridized carbons (Fsp3) is 0.0769. The minimum atomic E-state index is -1.19. The predicted molar refractivity (Wildman–Crippen MR) is 131 cm³/mol. The van der Waals surface area contributed by atoms with Gasteiger partial charge in [-0.05, 0) is 66.1 Å². The number of nitrogens with zero attached hydrogens (tertiary/aromatic N) is 2. The fourth-order valence-electron chi connectivity index (χ4n) is 4.06. The van der Waals surface area contributed by atoms with Gasteiger partial charge in [0.25, 0.3) is 11.5 Å². The van der Waals surface area contributed by atoms with E-state index < -0.39 is 11.9 Å². The minimum Gasteiger partial charge on any atom is -0.478 e. The molecule has 2 heterocycles. The summed E-state index contributed by atoms with van der Waals surface area (Å²) in [5.74, 6) is -1.15. The van der Waals surface area contributed by atoms with Crippen molar-refractivity contribution < 1.29 is 14.7 Å². The molecular formula is C26H18ClN3O4. The summed E-state index contributed by atoms with van der Waals surface area (Å²) in [4.78, 5) is 42.0. The largest absolute Gasteiger partial charge is 0.478 e. The van der Waals surface area contributed by atoms with Crippen molar-refractivity contribution >= 4 is 51.7 Å². The van der Waals surface area contributed by atoms with Crippen LogP contribution in [0.1, 0.15) is 38.5 Å². The van der Waals surface area contributed by atoms with E-state index >= 15 is 0 Å². The molecule has 168 valence electrons. The van der Waals surface area contributed by atoms with Crippen LogP contribution in [-0.4, -0.2) is 26.5 Å². The summed E-state index contributed by atoms with van der Waals surface area (Å²) in [6, 6.07) is 18.3. The van der Waals surface area contributed by atoms with Crippen LogP contribution in [0, 0.1) is 0 Å². The zero-order chi connectivity index (χ0) is 23.8. The van der Waals surface area contributed by atoms with E-state index in [1.807, 2.05) is 18.2 Å². The van der Waals surface area contributed by atoms with Gasteiger partial charge in [-0.25, -0.2) is 9.78 Å². The maximum atomic E-state index is 13.1. The van der Waals surface area contributed by atoms with Crippen LogP contribution in [0.25, 0.3) is 22.6 Å². The topological polar surface area (TPSA) is 101 Å². The monoisotopic (exact) mass is 471 g/mol. The molecule has 0 unspecified atom stereocenters. The van der Waals surface area contributed by atoms with Crippen LogP contribution >= 0.6 is 11.6 Å². The third-order valence-electron chi connectivity index (χ3n) is 5.72. The summed E-state index contributed by atoms with van der Waals surface area (Å²) < 4.78 is 1.66. The number of benzene rings is 3. The number of carboxylic acids is 1. The first-order chi connectivity index (χ1) is 16.4. The van der Waals surface area contributed by atoms with Crippen LogP contribution in [0.2, 0.25) is 5.02 Å². The summed E-state index contributed by atoms with van der Waals surface area (Å²) in [6.45, 7) is 0.543. The van der Waals surface area contributed by atoms with Crippen molar-refractivity contribution in [2.24, 2.45) is 0 Å². The van der Waals surface area contributed by atoms with Crippen LogP contribution in [0.15, 0.2) is 71.5 Å². The number of hydrogen-bond acceptors (Lipinski definition) is 4. The van der Waals surface area contributed by atoms with E-state index in [-0.39, 0.29) is 16.7 Å². The zero-order valence-corrected chi connectivity index (χ0v) is 18.5. The van der Waals surface area contributed by atoms with E-state index in [9.17, 15) is 19.5 Å². The molecule has 0 atom stereocenters. The number of carbonyl (C=O) groups is 2. The van der Waals surface area contributed by atoms with Gasteiger partial charge >= 0.3 is 5.97 Å². The average molecular weight is 472 g/mol. The Morgan fingerprint density at radius 3 is 2.50 bits per heavy atom. The van der Waals surface area contributed by atoms with Crippen molar-refractivity contribution in [2.45, 2.75) is 13.0 Å². The van der Waals surface area contributed by atoms with Crippen LogP contribution in [0.5, 0.6) is 0 Å². The van der Waals surface area contributed by atoms with Crippen molar-refractivity contribution in [3.05, 3.63) is 105 Å². The molecule has 5 rings (SSSR count). The number of aromatic nitrogens is 2. The molecule has 3 aromatic carbocycles. The van der Waals surface area contributed by atoms with E-state index in [0.29, 0.717) is 40.4 Å². The van der Waals surface area contributed by atoms with Crippen molar-refractivity contribution in [3.8, 4) is 0 Å². The molecule has 7 nitrogen and oxygen atoms in total. The van der Waals surface area contributed by atoms with E-state index in [4.69, 9.17) is 16.6 Å². The third kappa shape index (κ3) is 3.97. The first-order valence-corrected chi connectivity index (χ1v) is 10.9. The molecule has 0 saturated heterocycles. The Bertz CT molecular complexity index is 1560. The van der Waals surface area contributed by atoms with Crippen LogP contribution in [0.3, 0.4) is 0 Å². The number of amides is 1. The lowest BCUT2D eigenvalue weighted by molar-refractivity contribution is 0.0692. The number of fused-ring (bicyclic) bond motifs is 2. The normalized spacial score (nSPS) is 13.7. The molecular weight excluding hydrogens is 454 g/mol. The summed E-state index contributed by atoms with van der Waals surface area (Å²) in [6.07, 6.45) is 2.67. The van der Waals surface area contributed by atoms with Gasteiger partial charge < -0.3 is 10.4 Å². The van der Waals surface area contributed by atoms with Crippen LogP contribution in [0.4, 0.5) is 5.69 Å². The van der Waals surface area contributed by atoms with E-state index in [1.165, 1.54) is 12.1 Å². The van der Waals surface area contributed by atoms with E-state index in [0.717, 1.165) is 11.1 Å². The Morgan fingerprint density at radius 1 is 1.03 bits per heavy atom. The van der Waals surface area contributed by atoms with Gasteiger partial charge in [-0.2, -0.15) is 0 Å². The second kappa shape index (κ2) is 8.61. The molecule has 1 aliphatic heterocycles. The highest BCUT2D eigenvalue weighted by Gasteiger charge is 2.21. The smallest absolute Gasteiger partial charge is 0.336 e. The van der Waals surface area contributed by atoms with Crippen molar-refractivity contribution in [2.75, 3.05) is 5.32 Å². The molecule has 0 radical (unpaired) electrons. The van der Waals surface area contributed by atoms with Gasteiger partial charge in [-0.3, -0.25) is 14.2 Å². The quantitative estimate of drug-likeness (QED) is 0.438. The number of hydrogen-bond donors (Lipinski definition) is 2. The Labute approximate surface area is 199 Å². The maximum absolute atomic E-state index is 13.1. The summed E-state index contributed by atoms with van der Waals surface area (Å²) >= 11 is 5.97. The third-order valence-corrected chi connectivity index (χ3v) is 5.97. The number of halogens is 1. The van der Waals surface area contributed by atoms with E-state index in [1.54, 1.807) is 47.0 Å². The Morgan fingerprint density at radius 2 is 1.76 bits per heavy atom. The SMILES string of the molecule is O=C(O)c1ccccc1C(=O)Nc1ccc2c(=O)n3c(nc2c1)C(=Cc1ccc(Cl)cc1)CC3. The molecule has 0 aliphatic carbocycles. The van der Waals surface area contributed by atoms with Gasteiger partial charge in [0, 0.05) is 17.3 Å². The number of nitrogens with one attached hydrogen (secondary N) is 1. The first-order valence-electron chi connectivity index (χ1n) is 10.6. The van der Waals surface area contributed by atoms with Gasteiger partial charge in [0.05, 0.1) is 22.0 Å². The van der Waals surface area contributed by atoms with Crippen molar-refractivity contribution in [3.63, 3.8) is 0 Å². The Balaban J connectivity index is 1.51. The van der Waals surface area contributed by atoms with Crippen LogP contribution < -0.4 is 10.9 Å². The fourth-order valence-corrected chi connectivity index (χ4v) is 4.18. The lowest BCUT2D eigenvalue weighted by Gasteiger charge is -2.10. The molecule has 0 spiro atoms. The number of allylic oxidation sites excluding steroid dienone is 1. The predicted octanol–water partition coefficient (Wildman–Crippen LogP) is 4.94. The molecule has 1 aromatic heterocycles. The molecule has 2 N–H and O–H groups in total. The molecule has 1 aliphatic rings. The molecule has 4 aromatic rings. The van der Waals surface area contributed by atoms with Crippen LogP contribution in [-0.2, 0) is 6.54 Å². The molecule has 0 fully saturated rings. The Kier molecular flexibility index (Phi) is 5.47. The average Bonchev–Trinajstić information content (AvgIpc) is 3.23. The second-order valence-electron chi connectivity index (χ2n) is 7.90. The number of anilines is 1. The number of carbonyl (C=O) groups excluding carboxylic acids is 1.